The third-order valence-electron chi connectivity index (χ3n) is 2.30. The molecule has 1 heterocycles. The number of hydrogen-bond donors (Lipinski definition) is 1. The van der Waals surface area contributed by atoms with E-state index in [2.05, 4.69) is 15.9 Å². The van der Waals surface area contributed by atoms with Crippen molar-refractivity contribution in [2.75, 3.05) is 0 Å². The summed E-state index contributed by atoms with van der Waals surface area (Å²) < 4.78 is 0.967. The monoisotopic (exact) mass is 318 g/mol. The zero-order valence-electron chi connectivity index (χ0n) is 8.17. The second-order valence-corrected chi connectivity index (χ2v) is 5.40. The van der Waals surface area contributed by atoms with E-state index in [0.717, 1.165) is 20.5 Å². The van der Waals surface area contributed by atoms with Crippen LogP contribution in [-0.2, 0) is 16.5 Å². The van der Waals surface area contributed by atoms with Crippen molar-refractivity contribution < 1.29 is 9.90 Å². The van der Waals surface area contributed by atoms with Crippen molar-refractivity contribution in [3.05, 3.63) is 33.7 Å². The molecule has 0 radical (unpaired) electrons. The Morgan fingerprint density at radius 1 is 1.50 bits per heavy atom. The van der Waals surface area contributed by atoms with Crippen molar-refractivity contribution in [3.63, 3.8) is 0 Å². The quantitative estimate of drug-likeness (QED) is 0.866. The molecule has 84 valence electrons. The van der Waals surface area contributed by atoms with Gasteiger partial charge in [-0.25, -0.2) is 0 Å². The Hall–Kier alpha value is -0.580. The van der Waals surface area contributed by atoms with E-state index < -0.39 is 5.97 Å². The summed E-state index contributed by atoms with van der Waals surface area (Å²) in [7, 11) is 0. The molecule has 0 saturated heterocycles. The molecule has 0 unspecified atom stereocenters. The van der Waals surface area contributed by atoms with E-state index in [9.17, 15) is 4.79 Å². The number of benzene rings is 1. The second kappa shape index (κ2) is 4.73. The fraction of sp³-hybridized carbons (Fsp3) is 0.182. The number of rotatable bonds is 3. The number of halogens is 2. The molecule has 0 atom stereocenters. The van der Waals surface area contributed by atoms with E-state index in [1.165, 1.54) is 11.3 Å². The lowest BCUT2D eigenvalue weighted by molar-refractivity contribution is -0.136. The molecule has 2 nitrogen and oxygen atoms in total. The van der Waals surface area contributed by atoms with Crippen LogP contribution >= 0.6 is 38.9 Å². The number of carboxylic acid groups (broad SMARTS) is 1. The third kappa shape index (κ3) is 2.10. The van der Waals surface area contributed by atoms with Crippen LogP contribution in [0.2, 0.25) is 5.02 Å². The van der Waals surface area contributed by atoms with Crippen molar-refractivity contribution in [1.29, 1.82) is 0 Å². The molecule has 0 amide bonds. The number of carbonyl (C=O) groups is 1. The van der Waals surface area contributed by atoms with Crippen LogP contribution in [-0.4, -0.2) is 11.1 Å². The molecule has 1 N–H and O–H groups in total. The molecule has 0 aliphatic carbocycles. The molecule has 0 aliphatic rings. The van der Waals surface area contributed by atoms with Crippen LogP contribution in [0, 0.1) is 0 Å². The Bertz CT molecular complexity index is 550. The molecule has 1 aromatic heterocycles. The predicted octanol–water partition coefficient (Wildman–Crippen LogP) is 4.08. The highest BCUT2D eigenvalue weighted by Gasteiger charge is 2.15. The van der Waals surface area contributed by atoms with Gasteiger partial charge in [-0.1, -0.05) is 39.7 Å². The first-order valence-electron chi connectivity index (χ1n) is 4.60. The molecule has 0 spiro atoms. The van der Waals surface area contributed by atoms with Gasteiger partial charge in [0.05, 0.1) is 16.1 Å². The van der Waals surface area contributed by atoms with Gasteiger partial charge in [0.15, 0.2) is 0 Å². The van der Waals surface area contributed by atoms with E-state index in [0.29, 0.717) is 10.4 Å². The number of aliphatic carboxylic acids is 1. The van der Waals surface area contributed by atoms with Gasteiger partial charge in [0.25, 0.3) is 0 Å². The number of fused-ring (bicyclic) bond motifs is 1. The van der Waals surface area contributed by atoms with E-state index in [1.54, 1.807) is 0 Å². The van der Waals surface area contributed by atoms with Crippen molar-refractivity contribution >= 4 is 54.9 Å². The highest BCUT2D eigenvalue weighted by atomic mass is 79.9. The molecule has 1 aromatic carbocycles. The lowest BCUT2D eigenvalue weighted by Gasteiger charge is -1.97. The number of thiophene rings is 1. The van der Waals surface area contributed by atoms with Gasteiger partial charge in [-0.05, 0) is 17.0 Å². The molecule has 2 rings (SSSR count). The minimum absolute atomic E-state index is 0.0522. The van der Waals surface area contributed by atoms with Gasteiger partial charge in [0.1, 0.15) is 0 Å². The van der Waals surface area contributed by atoms with Crippen LogP contribution in [0.15, 0.2) is 18.2 Å². The maximum absolute atomic E-state index is 10.8. The first-order valence-corrected chi connectivity index (χ1v) is 6.91. The van der Waals surface area contributed by atoms with Gasteiger partial charge >= 0.3 is 5.97 Å². The lowest BCUT2D eigenvalue weighted by atomic mass is 10.1. The van der Waals surface area contributed by atoms with Crippen molar-refractivity contribution in [2.45, 2.75) is 11.8 Å². The summed E-state index contributed by atoms with van der Waals surface area (Å²) in [4.78, 5) is 11.6. The third-order valence-corrected chi connectivity index (χ3v) is 4.57. The van der Waals surface area contributed by atoms with Gasteiger partial charge in [-0.15, -0.1) is 11.3 Å². The zero-order chi connectivity index (χ0) is 11.7. The molecule has 5 heteroatoms. The fourth-order valence-corrected chi connectivity index (χ4v) is 3.94. The highest BCUT2D eigenvalue weighted by molar-refractivity contribution is 9.08. The van der Waals surface area contributed by atoms with Crippen LogP contribution < -0.4 is 0 Å². The summed E-state index contributed by atoms with van der Waals surface area (Å²) in [6, 6.07) is 5.68. The number of hydrogen-bond acceptors (Lipinski definition) is 2. The van der Waals surface area contributed by atoms with Crippen molar-refractivity contribution in [2.24, 2.45) is 0 Å². The maximum Gasteiger partial charge on any atom is 0.308 e. The fourth-order valence-electron chi connectivity index (χ4n) is 1.61. The zero-order valence-corrected chi connectivity index (χ0v) is 11.3. The molecular formula is C11H8BrClO2S. The van der Waals surface area contributed by atoms with E-state index in [-0.39, 0.29) is 6.42 Å². The Morgan fingerprint density at radius 3 is 2.88 bits per heavy atom. The van der Waals surface area contributed by atoms with E-state index >= 15 is 0 Å². The SMILES string of the molecule is O=C(O)Cc1sc2c(Cl)cccc2c1CBr. The Labute approximate surface area is 110 Å². The van der Waals surface area contributed by atoms with Crippen molar-refractivity contribution in [3.8, 4) is 0 Å². The van der Waals surface area contributed by atoms with Gasteiger partial charge in [-0.3, -0.25) is 4.79 Å². The smallest absolute Gasteiger partial charge is 0.308 e. The minimum atomic E-state index is -0.815. The van der Waals surface area contributed by atoms with Gasteiger partial charge < -0.3 is 5.11 Å². The standard InChI is InChI=1S/C11H8BrClO2S/c12-5-7-6-2-1-3-8(13)11(6)16-9(7)4-10(14)15/h1-3H,4-5H2,(H,14,15). The summed E-state index contributed by atoms with van der Waals surface area (Å²) in [5, 5.41) is 11.2. The topological polar surface area (TPSA) is 37.3 Å². The Kier molecular flexibility index (Phi) is 3.52. The number of alkyl halides is 1. The average molecular weight is 320 g/mol. The van der Waals surface area contributed by atoms with E-state index in [1.807, 2.05) is 18.2 Å². The summed E-state index contributed by atoms with van der Waals surface area (Å²) in [5.74, 6) is -0.815. The van der Waals surface area contributed by atoms with Crippen LogP contribution in [0.1, 0.15) is 10.4 Å². The van der Waals surface area contributed by atoms with Gasteiger partial charge in [0, 0.05) is 10.2 Å². The molecular weight excluding hydrogens is 312 g/mol. The average Bonchev–Trinajstić information content (AvgIpc) is 2.56. The van der Waals surface area contributed by atoms with Crippen LogP contribution in [0.5, 0.6) is 0 Å². The van der Waals surface area contributed by atoms with Crippen LogP contribution in [0.4, 0.5) is 0 Å². The van der Waals surface area contributed by atoms with Crippen LogP contribution in [0.25, 0.3) is 10.1 Å². The second-order valence-electron chi connectivity index (χ2n) is 3.32. The predicted molar refractivity (Wildman–Crippen MR) is 70.8 cm³/mol. The molecule has 0 bridgehead atoms. The lowest BCUT2D eigenvalue weighted by Crippen LogP contribution is -1.99. The van der Waals surface area contributed by atoms with Gasteiger partial charge in [-0.2, -0.15) is 0 Å². The molecule has 16 heavy (non-hydrogen) atoms. The summed E-state index contributed by atoms with van der Waals surface area (Å²) >= 11 is 10.9. The Balaban J connectivity index is 2.66. The minimum Gasteiger partial charge on any atom is -0.481 e. The number of carboxylic acids is 1. The largest absolute Gasteiger partial charge is 0.481 e. The molecule has 0 aliphatic heterocycles. The summed E-state index contributed by atoms with van der Waals surface area (Å²) in [6.07, 6.45) is 0.0522. The molecule has 0 fully saturated rings. The molecule has 2 aromatic rings. The summed E-state index contributed by atoms with van der Waals surface area (Å²) in [5.41, 5.74) is 1.03. The van der Waals surface area contributed by atoms with Gasteiger partial charge in [0.2, 0.25) is 0 Å². The molecule has 0 saturated carbocycles. The Morgan fingerprint density at radius 2 is 2.25 bits per heavy atom. The van der Waals surface area contributed by atoms with E-state index in [4.69, 9.17) is 16.7 Å². The van der Waals surface area contributed by atoms with Crippen molar-refractivity contribution in [1.82, 2.24) is 0 Å². The first-order chi connectivity index (χ1) is 7.63. The van der Waals surface area contributed by atoms with Crippen LogP contribution in [0.3, 0.4) is 0 Å². The normalized spacial score (nSPS) is 10.9. The first kappa shape index (κ1) is 11.9. The maximum atomic E-state index is 10.8. The highest BCUT2D eigenvalue weighted by Crippen LogP contribution is 2.37. The summed E-state index contributed by atoms with van der Waals surface area (Å²) in [6.45, 7) is 0.